The number of benzene rings is 4. The number of hydrogen-bond acceptors (Lipinski definition) is 3. The van der Waals surface area contributed by atoms with Gasteiger partial charge in [0.15, 0.2) is 0 Å². The Hall–Kier alpha value is -4.38. The van der Waals surface area contributed by atoms with Gasteiger partial charge in [0.2, 0.25) is 0 Å². The Kier molecular flexibility index (Phi) is 7.92. The molecule has 0 aliphatic rings. The van der Waals surface area contributed by atoms with Crippen LogP contribution in [0.4, 0.5) is 5.69 Å². The highest BCUT2D eigenvalue weighted by molar-refractivity contribution is 6.10. The van der Waals surface area contributed by atoms with Crippen molar-refractivity contribution in [3.05, 3.63) is 131 Å². The number of anilines is 1. The Labute approximate surface area is 206 Å². The van der Waals surface area contributed by atoms with Gasteiger partial charge in [0.25, 0.3) is 11.8 Å². The maximum absolute atomic E-state index is 13.2. The summed E-state index contributed by atoms with van der Waals surface area (Å²) >= 11 is 0. The zero-order chi connectivity index (χ0) is 24.5. The molecule has 0 aromatic heterocycles. The van der Waals surface area contributed by atoms with Gasteiger partial charge in [-0.05, 0) is 47.5 Å². The lowest BCUT2D eigenvalue weighted by Crippen LogP contribution is -2.30. The fraction of sp³-hybridized carbons (Fsp3) is 0.133. The van der Waals surface area contributed by atoms with Crippen molar-refractivity contribution in [3.63, 3.8) is 0 Å². The van der Waals surface area contributed by atoms with Crippen LogP contribution in [-0.2, 0) is 13.0 Å². The number of nitrogens with zero attached hydrogens (tertiary/aromatic N) is 1. The molecule has 5 heteroatoms. The molecule has 0 aliphatic heterocycles. The highest BCUT2D eigenvalue weighted by Crippen LogP contribution is 2.22. The Morgan fingerprint density at radius 1 is 0.743 bits per heavy atom. The van der Waals surface area contributed by atoms with Gasteiger partial charge in [-0.2, -0.15) is 0 Å². The van der Waals surface area contributed by atoms with Crippen LogP contribution in [0.5, 0.6) is 5.75 Å². The third-order valence-corrected chi connectivity index (χ3v) is 5.71. The molecule has 0 fully saturated rings. The lowest BCUT2D eigenvalue weighted by molar-refractivity contribution is 0.0951. The summed E-state index contributed by atoms with van der Waals surface area (Å²) in [4.78, 5) is 27.6. The molecule has 1 N–H and O–H groups in total. The Bertz CT molecular complexity index is 1260. The van der Waals surface area contributed by atoms with Crippen LogP contribution in [0.2, 0.25) is 0 Å². The van der Waals surface area contributed by atoms with E-state index in [1.807, 2.05) is 54.6 Å². The largest absolute Gasteiger partial charge is 0.493 e. The SMILES string of the molecule is CN(C(=O)c1ccc(OCCc2ccccc2)cc1)c1ccccc1C(=O)NCc1ccccc1. The fourth-order valence-electron chi connectivity index (χ4n) is 3.76. The summed E-state index contributed by atoms with van der Waals surface area (Å²) in [6.07, 6.45) is 0.813. The number of ether oxygens (including phenoxy) is 1. The van der Waals surface area contributed by atoms with Crippen molar-refractivity contribution in [1.82, 2.24) is 5.32 Å². The molecule has 4 aromatic rings. The third kappa shape index (κ3) is 6.36. The van der Waals surface area contributed by atoms with E-state index in [2.05, 4.69) is 17.4 Å². The first-order chi connectivity index (χ1) is 17.1. The monoisotopic (exact) mass is 464 g/mol. The van der Waals surface area contributed by atoms with Gasteiger partial charge in [-0.1, -0.05) is 72.8 Å². The van der Waals surface area contributed by atoms with Crippen molar-refractivity contribution < 1.29 is 14.3 Å². The molecule has 0 bridgehead atoms. The zero-order valence-corrected chi connectivity index (χ0v) is 19.7. The van der Waals surface area contributed by atoms with Crippen molar-refractivity contribution in [2.75, 3.05) is 18.6 Å². The standard InChI is InChI=1S/C30H28N2O3/c1-32(28-15-9-8-14-27(28)29(33)31-22-24-12-6-3-7-13-24)30(34)25-16-18-26(19-17-25)35-21-20-23-10-4-2-5-11-23/h2-19H,20-22H2,1H3,(H,31,33). The average molecular weight is 465 g/mol. The van der Waals surface area contributed by atoms with Crippen LogP contribution < -0.4 is 15.0 Å². The Balaban J connectivity index is 1.38. The molecule has 4 rings (SSSR count). The third-order valence-electron chi connectivity index (χ3n) is 5.71. The molecular formula is C30H28N2O3. The van der Waals surface area contributed by atoms with Crippen molar-refractivity contribution in [1.29, 1.82) is 0 Å². The highest BCUT2D eigenvalue weighted by atomic mass is 16.5. The number of amides is 2. The predicted molar refractivity (Wildman–Crippen MR) is 139 cm³/mol. The summed E-state index contributed by atoms with van der Waals surface area (Å²) in [5.41, 5.74) is 3.73. The fourth-order valence-corrected chi connectivity index (χ4v) is 3.76. The Morgan fingerprint density at radius 2 is 1.34 bits per heavy atom. The van der Waals surface area contributed by atoms with Gasteiger partial charge in [0.05, 0.1) is 17.9 Å². The van der Waals surface area contributed by atoms with Crippen LogP contribution in [-0.4, -0.2) is 25.5 Å². The zero-order valence-electron chi connectivity index (χ0n) is 19.7. The normalized spacial score (nSPS) is 10.4. The quantitative estimate of drug-likeness (QED) is 0.355. The summed E-state index contributed by atoms with van der Waals surface area (Å²) in [7, 11) is 1.68. The molecule has 4 aromatic carbocycles. The van der Waals surface area contributed by atoms with E-state index in [9.17, 15) is 9.59 Å². The number of nitrogens with one attached hydrogen (secondary N) is 1. The first kappa shape index (κ1) is 23.8. The lowest BCUT2D eigenvalue weighted by Gasteiger charge is -2.21. The van der Waals surface area contributed by atoms with Crippen molar-refractivity contribution in [2.45, 2.75) is 13.0 Å². The number of para-hydroxylation sites is 1. The number of rotatable bonds is 9. The summed E-state index contributed by atoms with van der Waals surface area (Å²) in [6, 6.07) is 34.1. The molecule has 0 spiro atoms. The summed E-state index contributed by atoms with van der Waals surface area (Å²) in [6.45, 7) is 0.972. The van der Waals surface area contributed by atoms with E-state index < -0.39 is 0 Å². The highest BCUT2D eigenvalue weighted by Gasteiger charge is 2.19. The molecule has 0 aliphatic carbocycles. The van der Waals surface area contributed by atoms with Crippen molar-refractivity contribution >= 4 is 17.5 Å². The van der Waals surface area contributed by atoms with Gasteiger partial charge in [-0.15, -0.1) is 0 Å². The number of carbonyl (C=O) groups is 2. The molecule has 0 saturated carbocycles. The van der Waals surface area contributed by atoms with Crippen molar-refractivity contribution in [2.24, 2.45) is 0 Å². The van der Waals surface area contributed by atoms with E-state index in [0.29, 0.717) is 35.7 Å². The van der Waals surface area contributed by atoms with Crippen LogP contribution in [0.3, 0.4) is 0 Å². The summed E-state index contributed by atoms with van der Waals surface area (Å²) in [5, 5.41) is 2.93. The second-order valence-electron chi connectivity index (χ2n) is 8.16. The van der Waals surface area contributed by atoms with E-state index in [1.54, 1.807) is 49.5 Å². The number of carbonyl (C=O) groups excluding carboxylic acids is 2. The number of hydrogen-bond donors (Lipinski definition) is 1. The maximum Gasteiger partial charge on any atom is 0.258 e. The molecule has 35 heavy (non-hydrogen) atoms. The lowest BCUT2D eigenvalue weighted by atomic mass is 10.1. The predicted octanol–water partition coefficient (Wildman–Crippen LogP) is 5.51. The first-order valence-electron chi connectivity index (χ1n) is 11.6. The molecule has 0 unspecified atom stereocenters. The molecule has 176 valence electrons. The molecule has 5 nitrogen and oxygen atoms in total. The van der Waals surface area contributed by atoms with Crippen LogP contribution >= 0.6 is 0 Å². The molecule has 0 heterocycles. The van der Waals surface area contributed by atoms with Crippen molar-refractivity contribution in [3.8, 4) is 5.75 Å². The van der Waals surface area contributed by atoms with Crippen LogP contribution in [0.1, 0.15) is 31.8 Å². The van der Waals surface area contributed by atoms with Gasteiger partial charge >= 0.3 is 0 Å². The smallest absolute Gasteiger partial charge is 0.258 e. The van der Waals surface area contributed by atoms with Gasteiger partial charge in [-0.25, -0.2) is 0 Å². The maximum atomic E-state index is 13.2. The van der Waals surface area contributed by atoms with Gasteiger partial charge < -0.3 is 15.0 Å². The average Bonchev–Trinajstić information content (AvgIpc) is 2.92. The van der Waals surface area contributed by atoms with E-state index in [0.717, 1.165) is 12.0 Å². The minimum absolute atomic E-state index is 0.204. The molecule has 0 atom stereocenters. The van der Waals surface area contributed by atoms with E-state index in [-0.39, 0.29) is 11.8 Å². The Morgan fingerprint density at radius 3 is 2.03 bits per heavy atom. The van der Waals surface area contributed by atoms with E-state index in [1.165, 1.54) is 10.5 Å². The van der Waals surface area contributed by atoms with Crippen LogP contribution in [0.25, 0.3) is 0 Å². The van der Waals surface area contributed by atoms with Crippen LogP contribution in [0.15, 0.2) is 109 Å². The van der Waals surface area contributed by atoms with E-state index >= 15 is 0 Å². The summed E-state index contributed by atoms with van der Waals surface area (Å²) < 4.78 is 5.83. The first-order valence-corrected chi connectivity index (χ1v) is 11.6. The second-order valence-corrected chi connectivity index (χ2v) is 8.16. The van der Waals surface area contributed by atoms with Crippen LogP contribution in [0, 0.1) is 0 Å². The topological polar surface area (TPSA) is 58.6 Å². The molecule has 0 saturated heterocycles. The van der Waals surface area contributed by atoms with Gasteiger partial charge in [-0.3, -0.25) is 9.59 Å². The summed E-state index contributed by atoms with van der Waals surface area (Å²) in [5.74, 6) is 0.274. The molecule has 0 radical (unpaired) electrons. The second kappa shape index (κ2) is 11.7. The minimum Gasteiger partial charge on any atom is -0.493 e. The van der Waals surface area contributed by atoms with Gasteiger partial charge in [0.1, 0.15) is 5.75 Å². The minimum atomic E-state index is -0.230. The van der Waals surface area contributed by atoms with E-state index in [4.69, 9.17) is 4.74 Å². The molecular weight excluding hydrogens is 436 g/mol. The molecule has 2 amide bonds. The van der Waals surface area contributed by atoms with Gasteiger partial charge in [0, 0.05) is 25.6 Å².